The number of nitrogens with one attached hydrogen (secondary N) is 1. The number of likely N-dealkylation sites (tertiary alicyclic amines) is 1. The van der Waals surface area contributed by atoms with Gasteiger partial charge in [-0.1, -0.05) is 53.5 Å². The lowest BCUT2D eigenvalue weighted by Crippen LogP contribution is -2.51. The largest absolute Gasteiger partial charge is 0.342 e. The maximum Gasteiger partial charge on any atom is 0.264 e. The number of hydrogen-bond acceptors (Lipinski definition) is 4. The van der Waals surface area contributed by atoms with Crippen LogP contribution in [0.15, 0.2) is 65.8 Å². The zero-order chi connectivity index (χ0) is 23.6. The molecule has 0 spiro atoms. The van der Waals surface area contributed by atoms with E-state index in [0.717, 1.165) is 17.1 Å². The van der Waals surface area contributed by atoms with Crippen LogP contribution in [0.3, 0.4) is 0 Å². The molecule has 7 nitrogen and oxygen atoms in total. The van der Waals surface area contributed by atoms with Crippen molar-refractivity contribution in [2.45, 2.75) is 30.2 Å². The van der Waals surface area contributed by atoms with Crippen LogP contribution in [0.1, 0.15) is 18.4 Å². The number of hydrogen-bond donors (Lipinski definition) is 1. The Morgan fingerprint density at radius 2 is 1.85 bits per heavy atom. The van der Waals surface area contributed by atoms with Gasteiger partial charge in [0, 0.05) is 25.5 Å². The van der Waals surface area contributed by atoms with Crippen LogP contribution in [0, 0.1) is 5.92 Å². The van der Waals surface area contributed by atoms with Crippen LogP contribution in [-0.2, 0) is 26.0 Å². The predicted octanol–water partition coefficient (Wildman–Crippen LogP) is 3.44. The van der Waals surface area contributed by atoms with Crippen molar-refractivity contribution in [2.24, 2.45) is 5.92 Å². The van der Waals surface area contributed by atoms with Gasteiger partial charge in [0.1, 0.15) is 6.04 Å². The van der Waals surface area contributed by atoms with Gasteiger partial charge in [-0.3, -0.25) is 13.9 Å². The van der Waals surface area contributed by atoms with Crippen molar-refractivity contribution in [1.29, 1.82) is 0 Å². The first kappa shape index (κ1) is 23.6. The summed E-state index contributed by atoms with van der Waals surface area (Å²) >= 11 is 11.9. The molecule has 174 valence electrons. The summed E-state index contributed by atoms with van der Waals surface area (Å²) in [5, 5.41) is 2.80. The zero-order valence-electron chi connectivity index (χ0n) is 17.7. The molecule has 2 amide bonds. The summed E-state index contributed by atoms with van der Waals surface area (Å²) in [7, 11) is -4.13. The first-order valence-corrected chi connectivity index (χ1v) is 12.7. The van der Waals surface area contributed by atoms with E-state index < -0.39 is 22.0 Å². The number of halogens is 2. The molecule has 1 N–H and O–H groups in total. The van der Waals surface area contributed by atoms with Crippen LogP contribution in [0.2, 0.25) is 10.0 Å². The Morgan fingerprint density at radius 3 is 2.58 bits per heavy atom. The second-order valence-corrected chi connectivity index (χ2v) is 10.8. The molecule has 33 heavy (non-hydrogen) atoms. The van der Waals surface area contributed by atoms with Crippen molar-refractivity contribution in [3.05, 3.63) is 76.5 Å². The molecule has 2 aliphatic rings. The molecular weight excluding hydrogens is 485 g/mol. The molecule has 2 aromatic carbocycles. The Bertz CT molecular complexity index is 1190. The number of sulfonamides is 1. The summed E-state index contributed by atoms with van der Waals surface area (Å²) < 4.78 is 27.4. The number of rotatable bonds is 6. The first-order chi connectivity index (χ1) is 15.8. The molecule has 2 atom stereocenters. The highest BCUT2D eigenvalue weighted by molar-refractivity contribution is 7.89. The van der Waals surface area contributed by atoms with Crippen LogP contribution < -0.4 is 5.32 Å². The molecule has 0 saturated carbocycles. The Kier molecular flexibility index (Phi) is 6.97. The van der Waals surface area contributed by atoms with Crippen molar-refractivity contribution < 1.29 is 18.0 Å². The van der Waals surface area contributed by atoms with Crippen molar-refractivity contribution in [3.8, 4) is 0 Å². The second-order valence-electron chi connectivity index (χ2n) is 8.14. The minimum atomic E-state index is -4.13. The molecule has 2 aromatic rings. The third-order valence-electron chi connectivity index (χ3n) is 5.90. The molecule has 0 bridgehead atoms. The topological polar surface area (TPSA) is 86.8 Å². The van der Waals surface area contributed by atoms with Gasteiger partial charge in [0.25, 0.3) is 10.0 Å². The molecule has 4 rings (SSSR count). The molecule has 2 aliphatic heterocycles. The average molecular weight is 508 g/mol. The second kappa shape index (κ2) is 9.75. The van der Waals surface area contributed by atoms with Crippen LogP contribution in [-0.4, -0.2) is 48.6 Å². The summed E-state index contributed by atoms with van der Waals surface area (Å²) in [4.78, 5) is 27.2. The molecule has 10 heteroatoms. The normalized spacial score (nSPS) is 20.7. The highest BCUT2D eigenvalue weighted by Gasteiger charge is 2.39. The molecule has 0 radical (unpaired) electrons. The van der Waals surface area contributed by atoms with E-state index in [1.807, 2.05) is 18.2 Å². The van der Waals surface area contributed by atoms with Crippen molar-refractivity contribution in [2.75, 3.05) is 13.1 Å². The first-order valence-electron chi connectivity index (χ1n) is 10.5. The lowest BCUT2D eigenvalue weighted by molar-refractivity contribution is -0.135. The van der Waals surface area contributed by atoms with E-state index in [9.17, 15) is 18.0 Å². The van der Waals surface area contributed by atoms with Gasteiger partial charge < -0.3 is 10.2 Å². The standard InChI is InChI=1S/C23H23Cl2N3O4S/c24-19-7-6-18(13-20(19)25)33(31,32)28-11-9-26-23(30)21(28)14-22(29)27-10-8-17(15-27)12-16-4-2-1-3-5-16/h1-7,9,11,13,17,21H,8,10,12,14-15H2,(H,26,30)/t17-,21-/m1/s1. The Balaban J connectivity index is 1.47. The van der Waals surface area contributed by atoms with E-state index in [2.05, 4.69) is 17.4 Å². The van der Waals surface area contributed by atoms with Crippen molar-refractivity contribution >= 4 is 45.0 Å². The van der Waals surface area contributed by atoms with Gasteiger partial charge in [0.15, 0.2) is 0 Å². The maximum absolute atomic E-state index is 13.2. The average Bonchev–Trinajstić information content (AvgIpc) is 3.26. The van der Waals surface area contributed by atoms with E-state index in [0.29, 0.717) is 19.0 Å². The van der Waals surface area contributed by atoms with Gasteiger partial charge in [-0.15, -0.1) is 0 Å². The quantitative estimate of drug-likeness (QED) is 0.648. The van der Waals surface area contributed by atoms with Gasteiger partial charge in [-0.05, 0) is 42.5 Å². The lowest BCUT2D eigenvalue weighted by atomic mass is 9.99. The Labute approximate surface area is 203 Å². The van der Waals surface area contributed by atoms with Gasteiger partial charge in [-0.2, -0.15) is 0 Å². The summed E-state index contributed by atoms with van der Waals surface area (Å²) in [5.74, 6) is -0.489. The van der Waals surface area contributed by atoms with Crippen molar-refractivity contribution in [3.63, 3.8) is 0 Å². The van der Waals surface area contributed by atoms with E-state index in [4.69, 9.17) is 23.2 Å². The monoisotopic (exact) mass is 507 g/mol. The SMILES string of the molecule is O=C1NC=CN(S(=O)(=O)c2ccc(Cl)c(Cl)c2)[C@@H]1CC(=O)N1CC[C@H](Cc2ccccc2)C1. The van der Waals surface area contributed by atoms with Gasteiger partial charge in [0.05, 0.1) is 21.4 Å². The third kappa shape index (κ3) is 5.18. The summed E-state index contributed by atoms with van der Waals surface area (Å²) in [6.07, 6.45) is 3.97. The molecule has 0 aliphatic carbocycles. The number of carbonyl (C=O) groups excluding carboxylic acids is 2. The predicted molar refractivity (Wildman–Crippen MR) is 126 cm³/mol. The van der Waals surface area contributed by atoms with Gasteiger partial charge >= 0.3 is 0 Å². The number of nitrogens with zero attached hydrogens (tertiary/aromatic N) is 2. The number of carbonyl (C=O) groups is 2. The van der Waals surface area contributed by atoms with E-state index in [1.165, 1.54) is 36.2 Å². The minimum absolute atomic E-state index is 0.0809. The summed E-state index contributed by atoms with van der Waals surface area (Å²) in [6, 6.07) is 12.8. The summed E-state index contributed by atoms with van der Waals surface area (Å²) in [6.45, 7) is 1.16. The van der Waals surface area contributed by atoms with E-state index in [-0.39, 0.29) is 27.3 Å². The summed E-state index contributed by atoms with van der Waals surface area (Å²) in [5.41, 5.74) is 1.22. The fourth-order valence-electron chi connectivity index (χ4n) is 4.17. The number of benzene rings is 2. The van der Waals surface area contributed by atoms with Gasteiger partial charge in [-0.25, -0.2) is 8.42 Å². The molecule has 1 fully saturated rings. The van der Waals surface area contributed by atoms with E-state index >= 15 is 0 Å². The Hall–Kier alpha value is -2.55. The molecule has 0 unspecified atom stereocenters. The fraction of sp³-hybridized carbons (Fsp3) is 0.304. The van der Waals surface area contributed by atoms with Gasteiger partial charge in [0.2, 0.25) is 11.8 Å². The third-order valence-corrected chi connectivity index (χ3v) is 8.42. The highest BCUT2D eigenvalue weighted by atomic mass is 35.5. The van der Waals surface area contributed by atoms with Crippen LogP contribution in [0.4, 0.5) is 0 Å². The highest BCUT2D eigenvalue weighted by Crippen LogP contribution is 2.29. The lowest BCUT2D eigenvalue weighted by Gasteiger charge is -2.32. The molecule has 0 aromatic heterocycles. The van der Waals surface area contributed by atoms with Crippen LogP contribution in [0.25, 0.3) is 0 Å². The smallest absolute Gasteiger partial charge is 0.264 e. The van der Waals surface area contributed by atoms with Crippen molar-refractivity contribution in [1.82, 2.24) is 14.5 Å². The zero-order valence-corrected chi connectivity index (χ0v) is 20.0. The van der Waals surface area contributed by atoms with E-state index in [1.54, 1.807) is 4.90 Å². The molecule has 1 saturated heterocycles. The fourth-order valence-corrected chi connectivity index (χ4v) is 6.00. The van der Waals surface area contributed by atoms with Crippen LogP contribution in [0.5, 0.6) is 0 Å². The molecular formula is C23H23Cl2N3O4S. The molecule has 2 heterocycles. The maximum atomic E-state index is 13.2. The Morgan fingerprint density at radius 1 is 1.09 bits per heavy atom. The minimum Gasteiger partial charge on any atom is -0.342 e. The number of amides is 2. The van der Waals surface area contributed by atoms with Crippen LogP contribution >= 0.6 is 23.2 Å².